The van der Waals surface area contributed by atoms with Crippen LogP contribution in [0.25, 0.3) is 0 Å². The molecule has 1 aliphatic heterocycles. The number of fused-ring (bicyclic) bond motifs is 1. The number of aliphatic hydroxyl groups is 1. The fraction of sp³-hybridized carbons (Fsp3) is 0.462. The van der Waals surface area contributed by atoms with Crippen LogP contribution in [0.5, 0.6) is 23.0 Å². The molecule has 190 valence electrons. The maximum absolute atomic E-state index is 15.0. The number of benzene rings is 2. The van der Waals surface area contributed by atoms with E-state index < -0.39 is 11.2 Å². The number of methoxy groups -OCH3 is 2. The van der Waals surface area contributed by atoms with Gasteiger partial charge in [0.2, 0.25) is 0 Å². The van der Waals surface area contributed by atoms with Gasteiger partial charge in [-0.05, 0) is 42.0 Å². The number of aliphatic hydroxyl groups excluding tert-OH is 1. The van der Waals surface area contributed by atoms with Crippen LogP contribution in [-0.2, 0) is 12.0 Å². The largest absolute Gasteiger partial charge is 0.504 e. The third-order valence-electron chi connectivity index (χ3n) is 5.96. The molecule has 0 saturated heterocycles. The fourth-order valence-corrected chi connectivity index (χ4v) is 4.07. The number of aromatic hydroxyl groups is 1. The second kappa shape index (κ2) is 10.5. The van der Waals surface area contributed by atoms with E-state index in [1.807, 2.05) is 20.8 Å². The number of halogens is 1. The molecule has 0 amide bonds. The van der Waals surface area contributed by atoms with Gasteiger partial charge in [-0.3, -0.25) is 10.2 Å². The third-order valence-corrected chi connectivity index (χ3v) is 5.96. The summed E-state index contributed by atoms with van der Waals surface area (Å²) in [6.45, 7) is 6.10. The molecule has 0 aromatic heterocycles. The van der Waals surface area contributed by atoms with Crippen LogP contribution in [0.4, 0.5) is 4.39 Å². The Labute approximate surface area is 204 Å². The first-order chi connectivity index (χ1) is 16.5. The Morgan fingerprint density at radius 1 is 1.14 bits per heavy atom. The fourth-order valence-electron chi connectivity index (χ4n) is 4.07. The van der Waals surface area contributed by atoms with Crippen LogP contribution in [0, 0.1) is 11.2 Å². The molecule has 0 bridgehead atoms. The minimum absolute atomic E-state index is 0.0272. The number of Topliss-reactive ketones (excluding diaryl/α,β-unsaturated/α-hetero) is 1. The molecule has 0 saturated carbocycles. The first-order valence-corrected chi connectivity index (χ1v) is 11.4. The molecular weight excluding hydrogens is 455 g/mol. The SMILES string of the molecule is COc1cc2c(c(F)c1OC)C(=N)N(CC(=O)c1cc(OCCCCO)c(O)c(C(C)(C)C)c1)C2. The van der Waals surface area contributed by atoms with Crippen molar-refractivity contribution in [3.8, 4) is 23.0 Å². The molecule has 0 aliphatic carbocycles. The van der Waals surface area contributed by atoms with Crippen LogP contribution in [0.15, 0.2) is 18.2 Å². The van der Waals surface area contributed by atoms with Crippen LogP contribution >= 0.6 is 0 Å². The van der Waals surface area contributed by atoms with E-state index in [2.05, 4.69) is 0 Å². The number of amidine groups is 1. The summed E-state index contributed by atoms with van der Waals surface area (Å²) in [5, 5.41) is 28.2. The average molecular weight is 489 g/mol. The van der Waals surface area contributed by atoms with E-state index in [-0.39, 0.29) is 66.5 Å². The number of nitrogens with one attached hydrogen (secondary N) is 1. The lowest BCUT2D eigenvalue weighted by Crippen LogP contribution is -2.30. The van der Waals surface area contributed by atoms with E-state index >= 15 is 4.39 Å². The van der Waals surface area contributed by atoms with Crippen LogP contribution in [-0.4, -0.2) is 60.7 Å². The molecule has 2 aromatic rings. The van der Waals surface area contributed by atoms with Crippen LogP contribution in [0.1, 0.15) is 60.7 Å². The molecule has 0 unspecified atom stereocenters. The van der Waals surface area contributed by atoms with Gasteiger partial charge in [0.05, 0.1) is 32.9 Å². The van der Waals surface area contributed by atoms with Crippen LogP contribution in [0.3, 0.4) is 0 Å². The van der Waals surface area contributed by atoms with E-state index in [1.165, 1.54) is 25.2 Å². The van der Waals surface area contributed by atoms with Crippen LogP contribution < -0.4 is 14.2 Å². The number of ether oxygens (including phenoxy) is 3. The first-order valence-electron chi connectivity index (χ1n) is 11.4. The van der Waals surface area contributed by atoms with Crippen molar-refractivity contribution >= 4 is 11.6 Å². The molecule has 35 heavy (non-hydrogen) atoms. The van der Waals surface area contributed by atoms with Crippen molar-refractivity contribution < 1.29 is 33.6 Å². The van der Waals surface area contributed by atoms with Gasteiger partial charge in [0.15, 0.2) is 34.6 Å². The van der Waals surface area contributed by atoms with Crippen molar-refractivity contribution in [1.29, 1.82) is 5.41 Å². The molecule has 0 spiro atoms. The second-order valence-electron chi connectivity index (χ2n) is 9.49. The highest BCUT2D eigenvalue weighted by molar-refractivity contribution is 6.06. The number of hydrogen-bond acceptors (Lipinski definition) is 7. The second-order valence-corrected chi connectivity index (χ2v) is 9.49. The summed E-state index contributed by atoms with van der Waals surface area (Å²) in [5.41, 5.74) is 1.04. The molecule has 9 heteroatoms. The Morgan fingerprint density at radius 2 is 1.86 bits per heavy atom. The topological polar surface area (TPSA) is 112 Å². The number of rotatable bonds is 10. The summed E-state index contributed by atoms with van der Waals surface area (Å²) in [7, 11) is 2.74. The van der Waals surface area contributed by atoms with Gasteiger partial charge >= 0.3 is 0 Å². The van der Waals surface area contributed by atoms with Crippen LogP contribution in [0.2, 0.25) is 0 Å². The van der Waals surface area contributed by atoms with Gasteiger partial charge in [-0.2, -0.15) is 0 Å². The van der Waals surface area contributed by atoms with Gasteiger partial charge in [0.25, 0.3) is 0 Å². The van der Waals surface area contributed by atoms with E-state index in [0.717, 1.165) is 0 Å². The van der Waals surface area contributed by atoms with Gasteiger partial charge < -0.3 is 29.3 Å². The quantitative estimate of drug-likeness (QED) is 0.342. The van der Waals surface area contributed by atoms with Crippen molar-refractivity contribution in [3.05, 3.63) is 46.3 Å². The number of unbranched alkanes of at least 4 members (excludes halogenated alkanes) is 1. The molecule has 0 radical (unpaired) electrons. The molecule has 2 aromatic carbocycles. The summed E-state index contributed by atoms with van der Waals surface area (Å²) in [6.07, 6.45) is 1.16. The molecule has 0 fully saturated rings. The van der Waals surface area contributed by atoms with Gasteiger partial charge in [0.1, 0.15) is 5.84 Å². The molecule has 0 atom stereocenters. The number of phenols is 1. The lowest BCUT2D eigenvalue weighted by Gasteiger charge is -2.24. The van der Waals surface area contributed by atoms with Gasteiger partial charge in [0, 0.05) is 24.3 Å². The Kier molecular flexibility index (Phi) is 7.90. The summed E-state index contributed by atoms with van der Waals surface area (Å²) < 4.78 is 31.1. The lowest BCUT2D eigenvalue weighted by atomic mass is 9.84. The normalized spacial score (nSPS) is 13.1. The maximum atomic E-state index is 15.0. The standard InChI is InChI=1S/C26H33FN2O6/c1-26(2,3)17-10-15(11-19(23(17)32)35-9-7-6-8-30)18(31)14-29-13-16-12-20(33-4)24(34-5)22(27)21(16)25(29)28/h10-12,28,30,32H,6-9,13-14H2,1-5H3. The predicted octanol–water partition coefficient (Wildman–Crippen LogP) is 4.02. The highest BCUT2D eigenvalue weighted by Crippen LogP contribution is 2.40. The lowest BCUT2D eigenvalue weighted by molar-refractivity contribution is 0.0962. The van der Waals surface area contributed by atoms with Crippen molar-refractivity contribution in [2.45, 2.75) is 45.6 Å². The minimum atomic E-state index is -0.694. The minimum Gasteiger partial charge on any atom is -0.504 e. The van der Waals surface area contributed by atoms with Gasteiger partial charge in [-0.25, -0.2) is 4.39 Å². The first kappa shape index (κ1) is 26.3. The highest BCUT2D eigenvalue weighted by atomic mass is 19.1. The molecule has 1 heterocycles. The Hall–Kier alpha value is -3.33. The Bertz CT molecular complexity index is 1130. The average Bonchev–Trinajstić information content (AvgIpc) is 3.11. The summed E-state index contributed by atoms with van der Waals surface area (Å²) in [5.74, 6) is -0.795. The van der Waals surface area contributed by atoms with Crippen molar-refractivity contribution in [2.75, 3.05) is 34.0 Å². The Morgan fingerprint density at radius 3 is 2.46 bits per heavy atom. The number of phenolic OH excluding ortho intramolecular Hbond substituents is 1. The van der Waals surface area contributed by atoms with Crippen molar-refractivity contribution in [3.63, 3.8) is 0 Å². The number of carbonyl (C=O) groups is 1. The van der Waals surface area contributed by atoms with Crippen molar-refractivity contribution in [1.82, 2.24) is 4.90 Å². The molecule has 3 N–H and O–H groups in total. The molecule has 1 aliphatic rings. The number of nitrogens with zero attached hydrogens (tertiary/aromatic N) is 1. The molecule has 8 nitrogen and oxygen atoms in total. The zero-order valence-electron chi connectivity index (χ0n) is 20.8. The summed E-state index contributed by atoms with van der Waals surface area (Å²) >= 11 is 0. The predicted molar refractivity (Wildman–Crippen MR) is 130 cm³/mol. The number of carbonyl (C=O) groups excluding carboxylic acids is 1. The van der Waals surface area contributed by atoms with Gasteiger partial charge in [-0.1, -0.05) is 20.8 Å². The monoisotopic (exact) mass is 488 g/mol. The zero-order valence-corrected chi connectivity index (χ0v) is 20.8. The van der Waals surface area contributed by atoms with E-state index in [4.69, 9.17) is 24.7 Å². The zero-order chi connectivity index (χ0) is 25.9. The smallest absolute Gasteiger partial charge is 0.197 e. The van der Waals surface area contributed by atoms with E-state index in [1.54, 1.807) is 12.1 Å². The highest BCUT2D eigenvalue weighted by Gasteiger charge is 2.33. The number of ketones is 1. The Balaban J connectivity index is 1.89. The molecule has 3 rings (SSSR count). The number of hydrogen-bond donors (Lipinski definition) is 3. The third kappa shape index (κ3) is 5.35. The summed E-state index contributed by atoms with van der Waals surface area (Å²) in [4.78, 5) is 14.8. The van der Waals surface area contributed by atoms with Gasteiger partial charge in [-0.15, -0.1) is 0 Å². The van der Waals surface area contributed by atoms with E-state index in [0.29, 0.717) is 29.5 Å². The summed E-state index contributed by atoms with van der Waals surface area (Å²) in [6, 6.07) is 4.75. The van der Waals surface area contributed by atoms with E-state index in [9.17, 15) is 9.90 Å². The molecular formula is C26H33FN2O6. The van der Waals surface area contributed by atoms with Crippen molar-refractivity contribution in [2.24, 2.45) is 0 Å². The maximum Gasteiger partial charge on any atom is 0.197 e.